The maximum atomic E-state index is 12.5. The van der Waals surface area contributed by atoms with Gasteiger partial charge in [0.25, 0.3) is 5.91 Å². The number of hydrogen-bond donors (Lipinski definition) is 0. The van der Waals surface area contributed by atoms with Crippen LogP contribution in [0.2, 0.25) is 0 Å². The van der Waals surface area contributed by atoms with E-state index in [1.54, 1.807) is 34.3 Å². The number of nitrogens with zero attached hydrogens (tertiary/aromatic N) is 3. The predicted molar refractivity (Wildman–Crippen MR) is 78.3 cm³/mol. The SMILES string of the molecule is O=C(c1ccco1)N1CC[C@H]2[C@H]1CC(=O)N2c1cccnc1. The van der Waals surface area contributed by atoms with Crippen LogP contribution >= 0.6 is 0 Å². The summed E-state index contributed by atoms with van der Waals surface area (Å²) >= 11 is 0. The third-order valence-corrected chi connectivity index (χ3v) is 4.41. The van der Waals surface area contributed by atoms with Gasteiger partial charge in [0.2, 0.25) is 5.91 Å². The molecular formula is C16H15N3O3. The number of fused-ring (bicyclic) bond motifs is 1. The Morgan fingerprint density at radius 1 is 1.27 bits per heavy atom. The third kappa shape index (κ3) is 1.91. The number of rotatable bonds is 2. The molecule has 2 aliphatic rings. The molecule has 4 rings (SSSR count). The third-order valence-electron chi connectivity index (χ3n) is 4.41. The number of anilines is 1. The molecule has 2 atom stereocenters. The second-order valence-corrected chi connectivity index (χ2v) is 5.58. The fraction of sp³-hybridized carbons (Fsp3) is 0.312. The standard InChI is InChI=1S/C16H15N3O3/c20-15-9-13-12(19(15)11-3-1-6-17-10-11)5-7-18(13)16(21)14-4-2-8-22-14/h1-4,6,8,10,12-13H,5,7,9H2/t12-,13+/m0/s1. The molecule has 0 bridgehead atoms. The first-order chi connectivity index (χ1) is 10.8. The lowest BCUT2D eigenvalue weighted by atomic mass is 10.1. The van der Waals surface area contributed by atoms with Gasteiger partial charge in [0.1, 0.15) is 0 Å². The summed E-state index contributed by atoms with van der Waals surface area (Å²) in [5, 5.41) is 0. The van der Waals surface area contributed by atoms with E-state index < -0.39 is 0 Å². The largest absolute Gasteiger partial charge is 0.459 e. The average molecular weight is 297 g/mol. The number of pyridine rings is 1. The van der Waals surface area contributed by atoms with Crippen LogP contribution in [0.5, 0.6) is 0 Å². The minimum absolute atomic E-state index is 0.0237. The number of amides is 2. The Morgan fingerprint density at radius 3 is 2.91 bits per heavy atom. The number of aromatic nitrogens is 1. The Bertz CT molecular complexity index is 699. The van der Waals surface area contributed by atoms with Crippen LogP contribution in [0.4, 0.5) is 5.69 Å². The number of furan rings is 1. The smallest absolute Gasteiger partial charge is 0.289 e. The van der Waals surface area contributed by atoms with Crippen LogP contribution in [-0.2, 0) is 4.79 Å². The summed E-state index contributed by atoms with van der Waals surface area (Å²) < 4.78 is 5.19. The molecule has 2 fully saturated rings. The van der Waals surface area contributed by atoms with Crippen LogP contribution < -0.4 is 4.90 Å². The molecule has 112 valence electrons. The summed E-state index contributed by atoms with van der Waals surface area (Å²) in [7, 11) is 0. The minimum atomic E-state index is -0.140. The highest BCUT2D eigenvalue weighted by atomic mass is 16.3. The van der Waals surface area contributed by atoms with Crippen LogP contribution in [0.15, 0.2) is 47.3 Å². The normalized spacial score (nSPS) is 23.9. The summed E-state index contributed by atoms with van der Waals surface area (Å²) in [6.45, 7) is 0.638. The van der Waals surface area contributed by atoms with Crippen LogP contribution in [0, 0.1) is 0 Å². The zero-order valence-corrected chi connectivity index (χ0v) is 11.9. The van der Waals surface area contributed by atoms with Crippen LogP contribution in [0.25, 0.3) is 0 Å². The molecule has 0 spiro atoms. The van der Waals surface area contributed by atoms with E-state index in [2.05, 4.69) is 4.98 Å². The Balaban J connectivity index is 1.61. The van der Waals surface area contributed by atoms with Gasteiger partial charge in [0.05, 0.1) is 30.2 Å². The van der Waals surface area contributed by atoms with Gasteiger partial charge in [-0.05, 0) is 30.7 Å². The molecule has 2 saturated heterocycles. The van der Waals surface area contributed by atoms with Crippen molar-refractivity contribution in [2.45, 2.75) is 24.9 Å². The maximum Gasteiger partial charge on any atom is 0.289 e. The van der Waals surface area contributed by atoms with E-state index in [-0.39, 0.29) is 23.9 Å². The molecule has 6 heteroatoms. The maximum absolute atomic E-state index is 12.5. The fourth-order valence-corrected chi connectivity index (χ4v) is 3.47. The highest BCUT2D eigenvalue weighted by molar-refractivity contribution is 5.99. The molecule has 2 aromatic heterocycles. The van der Waals surface area contributed by atoms with Crippen LogP contribution in [0.3, 0.4) is 0 Å². The zero-order chi connectivity index (χ0) is 15.1. The molecular weight excluding hydrogens is 282 g/mol. The summed E-state index contributed by atoms with van der Waals surface area (Å²) in [5.41, 5.74) is 0.798. The van der Waals surface area contributed by atoms with Gasteiger partial charge in [-0.1, -0.05) is 0 Å². The molecule has 2 amide bonds. The summed E-state index contributed by atoms with van der Waals surface area (Å²) in [6.07, 6.45) is 5.99. The van der Waals surface area contributed by atoms with Crippen molar-refractivity contribution in [3.05, 3.63) is 48.7 Å². The van der Waals surface area contributed by atoms with Gasteiger partial charge in [-0.15, -0.1) is 0 Å². The van der Waals surface area contributed by atoms with Crippen molar-refractivity contribution in [1.82, 2.24) is 9.88 Å². The molecule has 2 aromatic rings. The number of hydrogen-bond acceptors (Lipinski definition) is 4. The number of carbonyl (C=O) groups is 2. The molecule has 2 aliphatic heterocycles. The van der Waals surface area contributed by atoms with E-state index in [0.717, 1.165) is 12.1 Å². The highest BCUT2D eigenvalue weighted by Gasteiger charge is 2.49. The van der Waals surface area contributed by atoms with Gasteiger partial charge in [0, 0.05) is 19.2 Å². The molecule has 0 radical (unpaired) electrons. The lowest BCUT2D eigenvalue weighted by Crippen LogP contribution is -2.39. The Kier molecular flexibility index (Phi) is 2.96. The van der Waals surface area contributed by atoms with E-state index in [0.29, 0.717) is 18.7 Å². The van der Waals surface area contributed by atoms with Crippen molar-refractivity contribution >= 4 is 17.5 Å². The van der Waals surface area contributed by atoms with E-state index in [9.17, 15) is 9.59 Å². The molecule has 0 unspecified atom stereocenters. The molecule has 0 aromatic carbocycles. The zero-order valence-electron chi connectivity index (χ0n) is 11.9. The Hall–Kier alpha value is -2.63. The topological polar surface area (TPSA) is 66.7 Å². The fourth-order valence-electron chi connectivity index (χ4n) is 3.47. The van der Waals surface area contributed by atoms with E-state index in [4.69, 9.17) is 4.42 Å². The van der Waals surface area contributed by atoms with Gasteiger partial charge in [-0.2, -0.15) is 0 Å². The summed E-state index contributed by atoms with van der Waals surface area (Å²) in [5.74, 6) is 0.228. The number of carbonyl (C=O) groups excluding carboxylic acids is 2. The second kappa shape index (κ2) is 4.98. The first-order valence-corrected chi connectivity index (χ1v) is 7.32. The monoisotopic (exact) mass is 297 g/mol. The minimum Gasteiger partial charge on any atom is -0.459 e. The van der Waals surface area contributed by atoms with Crippen molar-refractivity contribution in [3.63, 3.8) is 0 Å². The molecule has 0 saturated carbocycles. The van der Waals surface area contributed by atoms with Gasteiger partial charge in [-0.3, -0.25) is 14.6 Å². The van der Waals surface area contributed by atoms with Gasteiger partial charge >= 0.3 is 0 Å². The van der Waals surface area contributed by atoms with Crippen molar-refractivity contribution in [2.75, 3.05) is 11.4 Å². The quantitative estimate of drug-likeness (QED) is 0.846. The lowest BCUT2D eigenvalue weighted by molar-refractivity contribution is -0.117. The lowest BCUT2D eigenvalue weighted by Gasteiger charge is -2.24. The summed E-state index contributed by atoms with van der Waals surface area (Å²) in [4.78, 5) is 32.5. The molecule has 4 heterocycles. The molecule has 0 N–H and O–H groups in total. The van der Waals surface area contributed by atoms with Crippen molar-refractivity contribution < 1.29 is 14.0 Å². The summed E-state index contributed by atoms with van der Waals surface area (Å²) in [6, 6.07) is 6.98. The van der Waals surface area contributed by atoms with Crippen LogP contribution in [-0.4, -0.2) is 40.3 Å². The van der Waals surface area contributed by atoms with Crippen LogP contribution in [0.1, 0.15) is 23.4 Å². The first kappa shape index (κ1) is 13.1. The first-order valence-electron chi connectivity index (χ1n) is 7.32. The predicted octanol–water partition coefficient (Wildman–Crippen LogP) is 1.69. The molecule has 0 aliphatic carbocycles. The number of likely N-dealkylation sites (tertiary alicyclic amines) is 1. The van der Waals surface area contributed by atoms with Gasteiger partial charge < -0.3 is 14.2 Å². The highest BCUT2D eigenvalue weighted by Crippen LogP contribution is 2.36. The molecule has 6 nitrogen and oxygen atoms in total. The van der Waals surface area contributed by atoms with Gasteiger partial charge in [-0.25, -0.2) is 0 Å². The second-order valence-electron chi connectivity index (χ2n) is 5.58. The van der Waals surface area contributed by atoms with Crippen molar-refractivity contribution in [1.29, 1.82) is 0 Å². The van der Waals surface area contributed by atoms with E-state index in [1.165, 1.54) is 6.26 Å². The Labute approximate surface area is 127 Å². The van der Waals surface area contributed by atoms with E-state index in [1.807, 2.05) is 12.1 Å². The molecule has 22 heavy (non-hydrogen) atoms. The Morgan fingerprint density at radius 2 is 2.18 bits per heavy atom. The van der Waals surface area contributed by atoms with Gasteiger partial charge in [0.15, 0.2) is 5.76 Å². The van der Waals surface area contributed by atoms with E-state index >= 15 is 0 Å². The van der Waals surface area contributed by atoms with Crippen molar-refractivity contribution in [2.24, 2.45) is 0 Å². The van der Waals surface area contributed by atoms with Crippen molar-refractivity contribution in [3.8, 4) is 0 Å². The average Bonchev–Trinajstić information content (AvgIpc) is 3.23.